The van der Waals surface area contributed by atoms with Crippen molar-refractivity contribution < 1.29 is 15.0 Å². The zero-order valence-electron chi connectivity index (χ0n) is 16.9. The summed E-state index contributed by atoms with van der Waals surface area (Å²) in [5, 5.41) is 19.6. The molecule has 0 spiro atoms. The molecule has 146 valence electrons. The topological polar surface area (TPSA) is 57.5 Å². The molecule has 0 radical (unpaired) electrons. The van der Waals surface area contributed by atoms with E-state index in [-0.39, 0.29) is 11.2 Å². The van der Waals surface area contributed by atoms with Crippen molar-refractivity contribution in [2.45, 2.75) is 84.8 Å². The summed E-state index contributed by atoms with van der Waals surface area (Å²) < 4.78 is 0. The lowest BCUT2D eigenvalue weighted by atomic mass is 9.86. The molecule has 2 unspecified atom stereocenters. The Balaban J connectivity index is 4.18. The molecule has 0 aliphatic rings. The smallest absolute Gasteiger partial charge is 0.129 e. The molecule has 0 saturated heterocycles. The molecule has 0 amide bonds. The van der Waals surface area contributed by atoms with Gasteiger partial charge in [0.25, 0.3) is 0 Å². The number of aliphatic hydroxyl groups excluding tert-OH is 2. The van der Waals surface area contributed by atoms with Gasteiger partial charge >= 0.3 is 0 Å². The molecule has 0 saturated carbocycles. The standard InChI is InChI=1S/C23H36O3/c1-5-6-12-18-23(3,4)19-13-10-8-7-9-11-16-21(25)22(26)17-14-15-20(2)24/h7,9,11,13,16,19,21-22,25-26H,5-6,12,14-15,17-18H2,1-4H3/b9-7+,16-11+,19-13+. The fourth-order valence-electron chi connectivity index (χ4n) is 2.42. The van der Waals surface area contributed by atoms with Gasteiger partial charge in [0.15, 0.2) is 0 Å². The van der Waals surface area contributed by atoms with Gasteiger partial charge in [-0.2, -0.15) is 0 Å². The van der Waals surface area contributed by atoms with Gasteiger partial charge in [-0.3, -0.25) is 0 Å². The summed E-state index contributed by atoms with van der Waals surface area (Å²) in [6.45, 7) is 8.19. The molecular weight excluding hydrogens is 324 g/mol. The molecular formula is C23H36O3. The van der Waals surface area contributed by atoms with Gasteiger partial charge in [0.1, 0.15) is 5.78 Å². The highest BCUT2D eigenvalue weighted by Crippen LogP contribution is 2.24. The third kappa shape index (κ3) is 14.7. The first-order chi connectivity index (χ1) is 12.3. The molecule has 0 aliphatic carbocycles. The Morgan fingerprint density at radius 3 is 2.42 bits per heavy atom. The normalized spacial score (nSPS) is 14.7. The first-order valence-electron chi connectivity index (χ1n) is 9.66. The molecule has 2 atom stereocenters. The van der Waals surface area contributed by atoms with Crippen LogP contribution in [-0.4, -0.2) is 28.2 Å². The largest absolute Gasteiger partial charge is 0.390 e. The van der Waals surface area contributed by atoms with Crippen molar-refractivity contribution in [2.75, 3.05) is 0 Å². The number of hydrogen-bond donors (Lipinski definition) is 2. The second-order valence-electron chi connectivity index (χ2n) is 7.46. The first kappa shape index (κ1) is 24.4. The summed E-state index contributed by atoms with van der Waals surface area (Å²) >= 11 is 0. The minimum Gasteiger partial charge on any atom is -0.390 e. The number of carbonyl (C=O) groups excluding carboxylic acids is 1. The molecule has 0 aliphatic heterocycles. The van der Waals surface area contributed by atoms with E-state index in [1.165, 1.54) is 38.7 Å². The van der Waals surface area contributed by atoms with Crippen LogP contribution in [0.5, 0.6) is 0 Å². The van der Waals surface area contributed by atoms with Crippen LogP contribution in [0.3, 0.4) is 0 Å². The molecule has 3 heteroatoms. The maximum atomic E-state index is 10.8. The highest BCUT2D eigenvalue weighted by Gasteiger charge is 2.13. The van der Waals surface area contributed by atoms with Crippen molar-refractivity contribution in [3.63, 3.8) is 0 Å². The number of aliphatic hydroxyl groups is 2. The van der Waals surface area contributed by atoms with Gasteiger partial charge < -0.3 is 15.0 Å². The number of unbranched alkanes of at least 4 members (excludes halogenated alkanes) is 2. The summed E-state index contributed by atoms with van der Waals surface area (Å²) in [7, 11) is 0. The van der Waals surface area contributed by atoms with Crippen molar-refractivity contribution in [1.29, 1.82) is 0 Å². The van der Waals surface area contributed by atoms with Crippen LogP contribution in [0.4, 0.5) is 0 Å². The average Bonchev–Trinajstić information content (AvgIpc) is 2.56. The SMILES string of the molecule is CCCCCC(C)(C)/C=C/C#C/C=C/C=C/C(O)C(O)CCCC(C)=O. The highest BCUT2D eigenvalue weighted by molar-refractivity contribution is 5.75. The molecule has 0 aromatic rings. The summed E-state index contributed by atoms with van der Waals surface area (Å²) in [4.78, 5) is 10.8. The van der Waals surface area contributed by atoms with Crippen molar-refractivity contribution in [2.24, 2.45) is 5.41 Å². The van der Waals surface area contributed by atoms with E-state index in [2.05, 4.69) is 38.7 Å². The van der Waals surface area contributed by atoms with Gasteiger partial charge in [0.2, 0.25) is 0 Å². The summed E-state index contributed by atoms with van der Waals surface area (Å²) in [5.41, 5.74) is 0.177. The van der Waals surface area contributed by atoms with E-state index in [1.54, 1.807) is 18.2 Å². The molecule has 2 N–H and O–H groups in total. The molecule has 0 bridgehead atoms. The number of Topliss-reactive ketones (excluding diaryl/α,β-unsaturated/α-hetero) is 1. The molecule has 0 aromatic carbocycles. The van der Waals surface area contributed by atoms with Crippen LogP contribution in [0.1, 0.15) is 72.6 Å². The van der Waals surface area contributed by atoms with Crippen molar-refractivity contribution in [3.8, 4) is 11.8 Å². The van der Waals surface area contributed by atoms with E-state index < -0.39 is 12.2 Å². The minimum atomic E-state index is -0.927. The average molecular weight is 361 g/mol. The lowest BCUT2D eigenvalue weighted by Crippen LogP contribution is -2.23. The zero-order valence-corrected chi connectivity index (χ0v) is 16.9. The number of ketones is 1. The van der Waals surface area contributed by atoms with E-state index in [9.17, 15) is 15.0 Å². The molecule has 0 fully saturated rings. The van der Waals surface area contributed by atoms with Crippen LogP contribution < -0.4 is 0 Å². The van der Waals surface area contributed by atoms with E-state index in [0.717, 1.165) is 0 Å². The van der Waals surface area contributed by atoms with Crippen LogP contribution in [0.25, 0.3) is 0 Å². The maximum Gasteiger partial charge on any atom is 0.129 e. The van der Waals surface area contributed by atoms with Gasteiger partial charge in [0.05, 0.1) is 12.2 Å². The van der Waals surface area contributed by atoms with Crippen molar-refractivity contribution >= 4 is 5.78 Å². The Morgan fingerprint density at radius 2 is 1.77 bits per heavy atom. The zero-order chi connectivity index (χ0) is 19.8. The monoisotopic (exact) mass is 360 g/mol. The van der Waals surface area contributed by atoms with E-state index in [4.69, 9.17) is 0 Å². The summed E-state index contributed by atoms with van der Waals surface area (Å²) in [6.07, 6.45) is 15.3. The Kier molecular flexibility index (Phi) is 13.6. The van der Waals surface area contributed by atoms with Crippen molar-refractivity contribution in [3.05, 3.63) is 36.5 Å². The van der Waals surface area contributed by atoms with Crippen molar-refractivity contribution in [1.82, 2.24) is 0 Å². The minimum absolute atomic E-state index is 0.0992. The fraction of sp³-hybridized carbons (Fsp3) is 0.609. The highest BCUT2D eigenvalue weighted by atomic mass is 16.3. The molecule has 3 nitrogen and oxygen atoms in total. The number of allylic oxidation sites excluding steroid dienone is 5. The third-order valence-corrected chi connectivity index (χ3v) is 4.15. The fourth-order valence-corrected chi connectivity index (χ4v) is 2.42. The lowest BCUT2D eigenvalue weighted by molar-refractivity contribution is -0.117. The van der Waals surface area contributed by atoms with Crippen LogP contribution in [0.2, 0.25) is 0 Å². The predicted octanol–water partition coefficient (Wildman–Crippen LogP) is 4.75. The first-order valence-corrected chi connectivity index (χ1v) is 9.66. The molecule has 26 heavy (non-hydrogen) atoms. The van der Waals surface area contributed by atoms with Gasteiger partial charge in [0, 0.05) is 6.42 Å². The van der Waals surface area contributed by atoms with E-state index in [0.29, 0.717) is 19.3 Å². The van der Waals surface area contributed by atoms with Gasteiger partial charge in [-0.1, -0.05) is 76.2 Å². The number of rotatable bonds is 12. The quantitative estimate of drug-likeness (QED) is 0.300. The maximum absolute atomic E-state index is 10.8. The molecule has 0 heterocycles. The molecule has 0 rings (SSSR count). The van der Waals surface area contributed by atoms with E-state index in [1.807, 2.05) is 6.08 Å². The van der Waals surface area contributed by atoms with Gasteiger partial charge in [-0.15, -0.1) is 0 Å². The van der Waals surface area contributed by atoms with Gasteiger partial charge in [-0.05, 0) is 43.8 Å². The second-order valence-corrected chi connectivity index (χ2v) is 7.46. The Hall–Kier alpha value is -1.63. The Bertz CT molecular complexity index is 529. The van der Waals surface area contributed by atoms with E-state index >= 15 is 0 Å². The van der Waals surface area contributed by atoms with Gasteiger partial charge in [-0.25, -0.2) is 0 Å². The Morgan fingerprint density at radius 1 is 1.08 bits per heavy atom. The second kappa shape index (κ2) is 14.5. The van der Waals surface area contributed by atoms with Crippen LogP contribution >= 0.6 is 0 Å². The predicted molar refractivity (Wildman–Crippen MR) is 110 cm³/mol. The van der Waals surface area contributed by atoms with Crippen LogP contribution in [-0.2, 0) is 4.79 Å². The van der Waals surface area contributed by atoms with Crippen LogP contribution in [0, 0.1) is 17.3 Å². The number of carbonyl (C=O) groups is 1. The lowest BCUT2D eigenvalue weighted by Gasteiger charge is -2.19. The Labute approximate surface area is 159 Å². The summed E-state index contributed by atoms with van der Waals surface area (Å²) in [6, 6.07) is 0. The molecule has 0 aromatic heterocycles. The third-order valence-electron chi connectivity index (χ3n) is 4.15. The number of hydrogen-bond acceptors (Lipinski definition) is 3. The van der Waals surface area contributed by atoms with Crippen LogP contribution in [0.15, 0.2) is 36.5 Å². The summed E-state index contributed by atoms with van der Waals surface area (Å²) in [5.74, 6) is 6.01.